The molecule has 122 valence electrons. The van der Waals surface area contributed by atoms with Crippen LogP contribution in [0.3, 0.4) is 0 Å². The number of carboxylic acid groups (broad SMARTS) is 1. The molecule has 0 radical (unpaired) electrons. The van der Waals surface area contributed by atoms with Crippen LogP contribution in [0.25, 0.3) is 5.95 Å². The molecule has 0 aliphatic heterocycles. The highest BCUT2D eigenvalue weighted by atomic mass is 16.4. The highest BCUT2D eigenvalue weighted by molar-refractivity contribution is 5.92. The van der Waals surface area contributed by atoms with Gasteiger partial charge in [0.25, 0.3) is 5.95 Å². The number of carbonyl (C=O) groups is 1. The van der Waals surface area contributed by atoms with Crippen molar-refractivity contribution in [2.24, 2.45) is 17.3 Å². The van der Waals surface area contributed by atoms with E-state index in [1.54, 1.807) is 32.4 Å². The maximum Gasteiger partial charge on any atom is 0.341 e. The maximum absolute atomic E-state index is 11.2. The van der Waals surface area contributed by atoms with Gasteiger partial charge in [-0.2, -0.15) is 14.9 Å². The average molecular weight is 327 g/mol. The predicted octanol–water partition coefficient (Wildman–Crippen LogP) is 1.40. The predicted molar refractivity (Wildman–Crippen MR) is 82.6 cm³/mol. The Hall–Kier alpha value is -3.63. The number of hydrogen-bond donors (Lipinski definition) is 2. The third-order valence-electron chi connectivity index (χ3n) is 3.19. The Labute approximate surface area is 135 Å². The van der Waals surface area contributed by atoms with Crippen molar-refractivity contribution in [2.75, 3.05) is 5.73 Å². The quantitative estimate of drug-likeness (QED) is 0.687. The molecule has 0 aromatic carbocycles. The van der Waals surface area contributed by atoms with E-state index in [4.69, 9.17) is 10.8 Å². The Morgan fingerprint density at radius 1 is 1.29 bits per heavy atom. The zero-order valence-corrected chi connectivity index (χ0v) is 12.8. The van der Waals surface area contributed by atoms with Gasteiger partial charge in [-0.15, -0.1) is 10.2 Å². The monoisotopic (exact) mass is 327 g/mol. The molecular weight excluding hydrogens is 314 g/mol. The molecule has 24 heavy (non-hydrogen) atoms. The number of nitrogens with two attached hydrogens (primary N) is 1. The van der Waals surface area contributed by atoms with Crippen molar-refractivity contribution in [3.8, 4) is 5.95 Å². The number of aromatic nitrogens is 6. The Bertz CT molecular complexity index is 927. The number of rotatable bonds is 4. The van der Waals surface area contributed by atoms with Gasteiger partial charge in [-0.3, -0.25) is 0 Å². The highest BCUT2D eigenvalue weighted by Gasteiger charge is 2.17. The van der Waals surface area contributed by atoms with Crippen LogP contribution in [0.1, 0.15) is 16.1 Å². The van der Waals surface area contributed by atoms with E-state index < -0.39 is 5.97 Å². The van der Waals surface area contributed by atoms with Crippen LogP contribution in [0, 0.1) is 6.92 Å². The fourth-order valence-electron chi connectivity index (χ4n) is 2.01. The number of anilines is 1. The molecule has 0 aliphatic carbocycles. The lowest BCUT2D eigenvalue weighted by Crippen LogP contribution is -2.05. The second-order valence-electron chi connectivity index (χ2n) is 4.79. The van der Waals surface area contributed by atoms with Crippen molar-refractivity contribution in [2.45, 2.75) is 6.92 Å². The van der Waals surface area contributed by atoms with E-state index in [9.17, 15) is 4.79 Å². The van der Waals surface area contributed by atoms with Gasteiger partial charge < -0.3 is 10.8 Å². The molecule has 3 rings (SSSR count). The number of nitrogens with zero attached hydrogens (tertiary/aromatic N) is 8. The van der Waals surface area contributed by atoms with E-state index in [-0.39, 0.29) is 17.2 Å². The molecule has 0 fully saturated rings. The largest absolute Gasteiger partial charge is 0.477 e. The van der Waals surface area contributed by atoms with Crippen molar-refractivity contribution < 1.29 is 9.90 Å². The molecule has 0 atom stereocenters. The molecule has 0 amide bonds. The summed E-state index contributed by atoms with van der Waals surface area (Å²) < 4.78 is 2.65. The van der Waals surface area contributed by atoms with E-state index in [0.29, 0.717) is 17.3 Å². The van der Waals surface area contributed by atoms with E-state index in [2.05, 4.69) is 30.4 Å². The van der Waals surface area contributed by atoms with Gasteiger partial charge in [0.2, 0.25) is 0 Å². The van der Waals surface area contributed by atoms with Crippen LogP contribution in [0.2, 0.25) is 0 Å². The molecular formula is C13H13N9O2. The minimum Gasteiger partial charge on any atom is -0.477 e. The molecule has 3 aromatic heterocycles. The molecule has 0 bridgehead atoms. The summed E-state index contributed by atoms with van der Waals surface area (Å²) in [6.07, 6.45) is 4.33. The summed E-state index contributed by atoms with van der Waals surface area (Å²) in [6.45, 7) is 1.70. The first kappa shape index (κ1) is 15.3. The van der Waals surface area contributed by atoms with Crippen LogP contribution >= 0.6 is 0 Å². The lowest BCUT2D eigenvalue weighted by Gasteiger charge is -2.00. The topological polar surface area (TPSA) is 149 Å². The highest BCUT2D eigenvalue weighted by Crippen LogP contribution is 2.30. The van der Waals surface area contributed by atoms with Gasteiger partial charge in [0.05, 0.1) is 11.9 Å². The van der Waals surface area contributed by atoms with Crippen LogP contribution in [0.5, 0.6) is 0 Å². The van der Waals surface area contributed by atoms with Crippen molar-refractivity contribution in [1.29, 1.82) is 0 Å². The molecule has 11 heteroatoms. The Morgan fingerprint density at radius 3 is 2.67 bits per heavy atom. The average Bonchev–Trinajstić information content (AvgIpc) is 3.07. The first-order chi connectivity index (χ1) is 11.5. The van der Waals surface area contributed by atoms with Gasteiger partial charge >= 0.3 is 5.97 Å². The summed E-state index contributed by atoms with van der Waals surface area (Å²) in [6, 6.07) is 1.67. The molecule has 0 saturated carbocycles. The zero-order chi connectivity index (χ0) is 17.3. The normalized spacial score (nSPS) is 11.2. The van der Waals surface area contributed by atoms with Crippen molar-refractivity contribution in [3.63, 3.8) is 0 Å². The summed E-state index contributed by atoms with van der Waals surface area (Å²) in [5.41, 5.74) is 6.79. The molecule has 0 saturated heterocycles. The number of carboxylic acids is 1. The first-order valence-electron chi connectivity index (χ1n) is 6.78. The summed E-state index contributed by atoms with van der Waals surface area (Å²) in [5.74, 6) is -0.548. The fraction of sp³-hybridized carbons (Fsp3) is 0.154. The van der Waals surface area contributed by atoms with Crippen molar-refractivity contribution >= 4 is 23.3 Å². The standard InChI is InChI=1S/C13H13N9O2/c1-7-9(10(14)22(20-7)13-15-4-3-5-16-13)18-19-11-8(12(23)24)6-17-21(11)2/h3-6H,14H2,1-2H3,(H,23,24)/b19-18+. The fourth-order valence-corrected chi connectivity index (χ4v) is 2.01. The summed E-state index contributed by atoms with van der Waals surface area (Å²) in [4.78, 5) is 19.3. The lowest BCUT2D eigenvalue weighted by atomic mass is 10.3. The zero-order valence-electron chi connectivity index (χ0n) is 12.8. The molecule has 0 aliphatic rings. The summed E-state index contributed by atoms with van der Waals surface area (Å²) >= 11 is 0. The van der Waals surface area contributed by atoms with Gasteiger partial charge in [0.15, 0.2) is 17.3 Å². The van der Waals surface area contributed by atoms with Gasteiger partial charge in [0.1, 0.15) is 5.56 Å². The van der Waals surface area contributed by atoms with Crippen LogP contribution in [0.15, 0.2) is 34.9 Å². The molecule has 0 unspecified atom stereocenters. The van der Waals surface area contributed by atoms with E-state index >= 15 is 0 Å². The first-order valence-corrected chi connectivity index (χ1v) is 6.78. The third-order valence-corrected chi connectivity index (χ3v) is 3.19. The van der Waals surface area contributed by atoms with Gasteiger partial charge in [-0.1, -0.05) is 0 Å². The molecule has 3 N–H and O–H groups in total. The Morgan fingerprint density at radius 2 is 2.00 bits per heavy atom. The summed E-state index contributed by atoms with van der Waals surface area (Å²) in [7, 11) is 1.57. The number of nitrogen functional groups attached to an aromatic ring is 1. The molecule has 0 spiro atoms. The van der Waals surface area contributed by atoms with Crippen LogP contribution < -0.4 is 5.73 Å². The van der Waals surface area contributed by atoms with Crippen LogP contribution in [0.4, 0.5) is 17.3 Å². The lowest BCUT2D eigenvalue weighted by molar-refractivity contribution is 0.0697. The minimum absolute atomic E-state index is 0.0590. The van der Waals surface area contributed by atoms with Crippen molar-refractivity contribution in [1.82, 2.24) is 29.5 Å². The smallest absolute Gasteiger partial charge is 0.341 e. The number of azo groups is 1. The van der Waals surface area contributed by atoms with Crippen LogP contribution in [-0.2, 0) is 7.05 Å². The molecule has 3 aromatic rings. The number of aromatic carboxylic acids is 1. The van der Waals surface area contributed by atoms with Gasteiger partial charge in [0, 0.05) is 19.4 Å². The van der Waals surface area contributed by atoms with E-state index in [1.165, 1.54) is 15.6 Å². The second kappa shape index (κ2) is 5.87. The van der Waals surface area contributed by atoms with E-state index in [0.717, 1.165) is 0 Å². The van der Waals surface area contributed by atoms with Gasteiger partial charge in [-0.25, -0.2) is 19.4 Å². The van der Waals surface area contributed by atoms with E-state index in [1.807, 2.05) is 0 Å². The maximum atomic E-state index is 11.2. The minimum atomic E-state index is -1.14. The second-order valence-corrected chi connectivity index (χ2v) is 4.79. The van der Waals surface area contributed by atoms with Gasteiger partial charge in [-0.05, 0) is 13.0 Å². The van der Waals surface area contributed by atoms with Crippen LogP contribution in [-0.4, -0.2) is 40.6 Å². The summed E-state index contributed by atoms with van der Waals surface area (Å²) in [5, 5.41) is 25.2. The Balaban J connectivity index is 2.02. The third kappa shape index (κ3) is 2.58. The molecule has 11 nitrogen and oxygen atoms in total. The Kier molecular flexibility index (Phi) is 3.74. The van der Waals surface area contributed by atoms with Crippen molar-refractivity contribution in [3.05, 3.63) is 35.9 Å². The number of hydrogen-bond acceptors (Lipinski definition) is 8. The number of aryl methyl sites for hydroxylation is 2. The SMILES string of the molecule is Cc1nn(-c2ncccn2)c(N)c1/N=N/c1c(C(=O)O)cnn1C. The molecule has 3 heterocycles.